The van der Waals surface area contributed by atoms with Gasteiger partial charge in [0.1, 0.15) is 12.2 Å². The minimum absolute atomic E-state index is 0.136. The molecular weight excluding hydrogens is 212 g/mol. The van der Waals surface area contributed by atoms with Gasteiger partial charge in [0.05, 0.1) is 7.11 Å². The Balaban J connectivity index is 2.59. The zero-order valence-electron chi connectivity index (χ0n) is 8.99. The van der Waals surface area contributed by atoms with Gasteiger partial charge in [0.2, 0.25) is 0 Å². The molecule has 0 unspecified atom stereocenters. The first-order valence-electron chi connectivity index (χ1n) is 4.59. The minimum Gasteiger partial charge on any atom is -0.468 e. The first-order valence-corrected chi connectivity index (χ1v) is 4.59. The fourth-order valence-corrected chi connectivity index (χ4v) is 1.05. The highest BCUT2D eigenvalue weighted by Gasteiger charge is 2.11. The number of hydrogen-bond donors (Lipinski definition) is 2. The predicted molar refractivity (Wildman–Crippen MR) is 55.1 cm³/mol. The normalized spacial score (nSPS) is 9.62. The zero-order chi connectivity index (χ0) is 12.1. The third kappa shape index (κ3) is 2.94. The monoisotopic (exact) mass is 224 g/mol. The van der Waals surface area contributed by atoms with E-state index in [2.05, 4.69) is 15.0 Å². The van der Waals surface area contributed by atoms with Crippen molar-refractivity contribution in [2.75, 3.05) is 13.7 Å². The summed E-state index contributed by atoms with van der Waals surface area (Å²) < 4.78 is 4.36. The average molecular weight is 224 g/mol. The predicted octanol–water partition coefficient (Wildman–Crippen LogP) is 0.120. The highest BCUT2D eigenvalue weighted by atomic mass is 16.5. The number of H-pyrrole nitrogens is 1. The first-order chi connectivity index (χ1) is 7.54. The zero-order valence-corrected chi connectivity index (χ0v) is 8.99. The second kappa shape index (κ2) is 5.11. The number of methoxy groups -OCH3 is 1. The number of ether oxygens (including phenoxy) is 1. The third-order valence-corrected chi connectivity index (χ3v) is 1.96. The van der Waals surface area contributed by atoms with E-state index in [-0.39, 0.29) is 18.0 Å². The van der Waals surface area contributed by atoms with Crippen LogP contribution < -0.4 is 5.32 Å². The van der Waals surface area contributed by atoms with Crippen LogP contribution in [0.1, 0.15) is 27.8 Å². The molecule has 2 N–H and O–H groups in total. The molecule has 0 fully saturated rings. The van der Waals surface area contributed by atoms with Crippen LogP contribution in [0.5, 0.6) is 0 Å². The van der Waals surface area contributed by atoms with E-state index in [9.17, 15) is 14.4 Å². The molecule has 0 aliphatic carbocycles. The Kier molecular flexibility index (Phi) is 3.82. The van der Waals surface area contributed by atoms with Gasteiger partial charge in [0.25, 0.3) is 5.91 Å². The Morgan fingerprint density at radius 1 is 1.44 bits per heavy atom. The molecule has 0 aliphatic rings. The van der Waals surface area contributed by atoms with E-state index in [1.54, 1.807) is 0 Å². The first kappa shape index (κ1) is 12.0. The number of esters is 1. The lowest BCUT2D eigenvalue weighted by molar-refractivity contribution is -0.139. The molecule has 0 radical (unpaired) electrons. The Labute approximate surface area is 92.0 Å². The van der Waals surface area contributed by atoms with Crippen LogP contribution in [-0.4, -0.2) is 36.3 Å². The maximum atomic E-state index is 11.4. The number of ketones is 1. The van der Waals surface area contributed by atoms with Gasteiger partial charge in [-0.3, -0.25) is 14.4 Å². The SMILES string of the molecule is COC(=O)CNC(=O)c1cc(C(C)=O)c[nH]1. The van der Waals surface area contributed by atoms with Crippen LogP contribution in [-0.2, 0) is 9.53 Å². The van der Waals surface area contributed by atoms with Crippen molar-refractivity contribution in [2.24, 2.45) is 0 Å². The van der Waals surface area contributed by atoms with Gasteiger partial charge in [-0.25, -0.2) is 0 Å². The summed E-state index contributed by atoms with van der Waals surface area (Å²) >= 11 is 0. The van der Waals surface area contributed by atoms with Crippen LogP contribution in [0.25, 0.3) is 0 Å². The summed E-state index contributed by atoms with van der Waals surface area (Å²) in [4.78, 5) is 35.8. The summed E-state index contributed by atoms with van der Waals surface area (Å²) in [6, 6.07) is 1.43. The van der Waals surface area contributed by atoms with Crippen LogP contribution >= 0.6 is 0 Å². The highest BCUT2D eigenvalue weighted by molar-refractivity contribution is 5.99. The lowest BCUT2D eigenvalue weighted by Gasteiger charge is -2.01. The van der Waals surface area contributed by atoms with Crippen molar-refractivity contribution < 1.29 is 19.1 Å². The molecule has 0 spiro atoms. The van der Waals surface area contributed by atoms with Crippen molar-refractivity contribution in [3.8, 4) is 0 Å². The lowest BCUT2D eigenvalue weighted by atomic mass is 10.2. The van der Waals surface area contributed by atoms with Gasteiger partial charge < -0.3 is 15.0 Å². The highest BCUT2D eigenvalue weighted by Crippen LogP contribution is 2.03. The van der Waals surface area contributed by atoms with Crippen LogP contribution in [0.15, 0.2) is 12.3 Å². The molecule has 1 amide bonds. The summed E-state index contributed by atoms with van der Waals surface area (Å²) in [5.74, 6) is -1.13. The number of carbonyl (C=O) groups excluding carboxylic acids is 3. The number of rotatable bonds is 4. The van der Waals surface area contributed by atoms with Crippen molar-refractivity contribution in [1.82, 2.24) is 10.3 Å². The summed E-state index contributed by atoms with van der Waals surface area (Å²) in [6.45, 7) is 1.20. The number of nitrogens with one attached hydrogen (secondary N) is 2. The molecule has 0 aromatic carbocycles. The summed E-state index contributed by atoms with van der Waals surface area (Å²) in [5, 5.41) is 2.35. The quantitative estimate of drug-likeness (QED) is 0.561. The molecule has 1 aromatic heterocycles. The van der Waals surface area contributed by atoms with E-state index in [0.29, 0.717) is 5.56 Å². The Hall–Kier alpha value is -2.11. The molecule has 6 heteroatoms. The van der Waals surface area contributed by atoms with Crippen LogP contribution in [0.3, 0.4) is 0 Å². The van der Waals surface area contributed by atoms with Gasteiger partial charge in [-0.15, -0.1) is 0 Å². The number of Topliss-reactive ketones (excluding diaryl/α,β-unsaturated/α-hetero) is 1. The molecule has 0 atom stereocenters. The van der Waals surface area contributed by atoms with Gasteiger partial charge in [0.15, 0.2) is 5.78 Å². The number of aromatic nitrogens is 1. The van der Waals surface area contributed by atoms with Gasteiger partial charge in [-0.05, 0) is 13.0 Å². The van der Waals surface area contributed by atoms with E-state index in [1.165, 1.54) is 26.3 Å². The Bertz CT molecular complexity index is 422. The van der Waals surface area contributed by atoms with Gasteiger partial charge >= 0.3 is 5.97 Å². The number of aromatic amines is 1. The van der Waals surface area contributed by atoms with Crippen LogP contribution in [0, 0.1) is 0 Å². The largest absolute Gasteiger partial charge is 0.468 e. The molecule has 6 nitrogen and oxygen atoms in total. The summed E-state index contributed by atoms with van der Waals surface area (Å²) in [5.41, 5.74) is 0.650. The van der Waals surface area contributed by atoms with Crippen molar-refractivity contribution in [3.63, 3.8) is 0 Å². The fourth-order valence-electron chi connectivity index (χ4n) is 1.05. The summed E-state index contributed by atoms with van der Waals surface area (Å²) in [6.07, 6.45) is 1.44. The third-order valence-electron chi connectivity index (χ3n) is 1.96. The van der Waals surface area contributed by atoms with Crippen molar-refractivity contribution in [1.29, 1.82) is 0 Å². The maximum Gasteiger partial charge on any atom is 0.325 e. The molecular formula is C10H12N2O4. The number of carbonyl (C=O) groups is 3. The molecule has 1 aromatic rings. The second-order valence-corrected chi connectivity index (χ2v) is 3.12. The topological polar surface area (TPSA) is 88.3 Å². The molecule has 86 valence electrons. The van der Waals surface area contributed by atoms with Gasteiger partial charge in [-0.1, -0.05) is 0 Å². The van der Waals surface area contributed by atoms with Gasteiger partial charge in [-0.2, -0.15) is 0 Å². The fraction of sp³-hybridized carbons (Fsp3) is 0.300. The average Bonchev–Trinajstić information content (AvgIpc) is 2.74. The van der Waals surface area contributed by atoms with E-state index in [1.807, 2.05) is 0 Å². The molecule has 1 rings (SSSR count). The smallest absolute Gasteiger partial charge is 0.325 e. The molecule has 0 aliphatic heterocycles. The Morgan fingerprint density at radius 2 is 2.12 bits per heavy atom. The number of amides is 1. The lowest BCUT2D eigenvalue weighted by Crippen LogP contribution is -2.30. The van der Waals surface area contributed by atoms with Crippen molar-refractivity contribution >= 4 is 17.7 Å². The molecule has 16 heavy (non-hydrogen) atoms. The Morgan fingerprint density at radius 3 is 2.62 bits per heavy atom. The van der Waals surface area contributed by atoms with E-state index in [4.69, 9.17) is 0 Å². The molecule has 0 saturated carbocycles. The number of hydrogen-bond acceptors (Lipinski definition) is 4. The van der Waals surface area contributed by atoms with Gasteiger partial charge in [0, 0.05) is 11.8 Å². The van der Waals surface area contributed by atoms with E-state index < -0.39 is 11.9 Å². The minimum atomic E-state index is -0.535. The van der Waals surface area contributed by atoms with Crippen molar-refractivity contribution in [2.45, 2.75) is 6.92 Å². The van der Waals surface area contributed by atoms with E-state index in [0.717, 1.165) is 0 Å². The van der Waals surface area contributed by atoms with Crippen LogP contribution in [0.2, 0.25) is 0 Å². The maximum absolute atomic E-state index is 11.4. The van der Waals surface area contributed by atoms with Crippen molar-refractivity contribution in [3.05, 3.63) is 23.5 Å². The molecule has 0 saturated heterocycles. The molecule has 1 heterocycles. The second-order valence-electron chi connectivity index (χ2n) is 3.12. The standard InChI is InChI=1S/C10H12N2O4/c1-6(13)7-3-8(11-4-7)10(15)12-5-9(14)16-2/h3-4,11H,5H2,1-2H3,(H,12,15). The summed E-state index contributed by atoms with van der Waals surface area (Å²) in [7, 11) is 1.23. The molecule has 0 bridgehead atoms. The van der Waals surface area contributed by atoms with E-state index >= 15 is 0 Å². The van der Waals surface area contributed by atoms with Crippen LogP contribution in [0.4, 0.5) is 0 Å².